The van der Waals surface area contributed by atoms with E-state index in [0.717, 1.165) is 61.3 Å². The molecule has 6 heteroatoms. The van der Waals surface area contributed by atoms with Crippen molar-refractivity contribution in [1.82, 2.24) is 16.0 Å². The standard InChI is InChI=1S/C36H27ClN4O/c37-30-18-17-27(32-29-19-20-38-21-31(29)42-33(30)32)26-15-16-28(25-14-8-7-13-24(25)26)36-40-34(22-9-3-1-4-10-22)39-35(41-36)23-11-5-2-6-12-23/h1-20,34,36,38,40H,21H2,(H,39,41). The van der Waals surface area contributed by atoms with Gasteiger partial charge in [0.15, 0.2) is 5.58 Å². The molecule has 2 aliphatic rings. The Bertz CT molecular complexity index is 2010. The number of halogens is 1. The van der Waals surface area contributed by atoms with Crippen LogP contribution in [0.2, 0.25) is 5.02 Å². The Morgan fingerprint density at radius 2 is 1.50 bits per heavy atom. The van der Waals surface area contributed by atoms with E-state index in [1.165, 1.54) is 5.39 Å². The average molecular weight is 567 g/mol. The third-order valence-corrected chi connectivity index (χ3v) is 8.42. The van der Waals surface area contributed by atoms with Crippen molar-refractivity contribution in [2.75, 3.05) is 0 Å². The van der Waals surface area contributed by atoms with Gasteiger partial charge in [-0.1, -0.05) is 115 Å². The lowest BCUT2D eigenvalue weighted by molar-refractivity contribution is 0.411. The molecule has 8 rings (SSSR count). The molecule has 0 saturated carbocycles. The van der Waals surface area contributed by atoms with Crippen molar-refractivity contribution < 1.29 is 4.42 Å². The summed E-state index contributed by atoms with van der Waals surface area (Å²) in [6.45, 7) is 0.642. The van der Waals surface area contributed by atoms with Crippen LogP contribution in [0.15, 0.2) is 125 Å². The van der Waals surface area contributed by atoms with E-state index >= 15 is 0 Å². The van der Waals surface area contributed by atoms with Crippen LogP contribution in [0.3, 0.4) is 0 Å². The molecule has 3 heterocycles. The smallest absolute Gasteiger partial charge is 0.154 e. The molecule has 6 aromatic rings. The first-order valence-electron chi connectivity index (χ1n) is 14.1. The largest absolute Gasteiger partial charge is 0.457 e. The molecule has 5 aromatic carbocycles. The van der Waals surface area contributed by atoms with E-state index < -0.39 is 0 Å². The van der Waals surface area contributed by atoms with Gasteiger partial charge >= 0.3 is 0 Å². The predicted octanol–water partition coefficient (Wildman–Crippen LogP) is 8.32. The minimum atomic E-state index is -0.195. The summed E-state index contributed by atoms with van der Waals surface area (Å²) in [6.07, 6.45) is 3.69. The molecular weight excluding hydrogens is 540 g/mol. The predicted molar refractivity (Wildman–Crippen MR) is 171 cm³/mol. The van der Waals surface area contributed by atoms with Gasteiger partial charge in [0, 0.05) is 16.5 Å². The average Bonchev–Trinajstić information content (AvgIpc) is 3.46. The Hall–Kier alpha value is -4.84. The molecule has 0 bridgehead atoms. The number of benzene rings is 5. The number of fused-ring (bicyclic) bond motifs is 4. The second-order valence-corrected chi connectivity index (χ2v) is 11.0. The molecular formula is C36H27ClN4O. The third-order valence-electron chi connectivity index (χ3n) is 8.12. The Balaban J connectivity index is 1.28. The monoisotopic (exact) mass is 566 g/mol. The zero-order chi connectivity index (χ0) is 28.0. The molecule has 0 radical (unpaired) electrons. The number of hydrogen-bond acceptors (Lipinski definition) is 5. The second kappa shape index (κ2) is 10.2. The lowest BCUT2D eigenvalue weighted by Gasteiger charge is -2.33. The first-order chi connectivity index (χ1) is 20.7. The highest BCUT2D eigenvalue weighted by atomic mass is 35.5. The number of aliphatic imine (C=N–C) groups is 1. The van der Waals surface area contributed by atoms with Crippen molar-refractivity contribution in [2.24, 2.45) is 4.99 Å². The summed E-state index contributed by atoms with van der Waals surface area (Å²) < 4.78 is 6.24. The van der Waals surface area contributed by atoms with Crippen LogP contribution in [0.4, 0.5) is 0 Å². The molecule has 2 aliphatic heterocycles. The first kappa shape index (κ1) is 24.9. The molecule has 42 heavy (non-hydrogen) atoms. The number of amidine groups is 1. The molecule has 204 valence electrons. The zero-order valence-electron chi connectivity index (χ0n) is 22.6. The van der Waals surface area contributed by atoms with E-state index in [9.17, 15) is 0 Å². The summed E-state index contributed by atoms with van der Waals surface area (Å²) in [5.74, 6) is 1.77. The zero-order valence-corrected chi connectivity index (χ0v) is 23.4. The highest BCUT2D eigenvalue weighted by Gasteiger charge is 2.27. The fraction of sp³-hybridized carbons (Fsp3) is 0.0833. The van der Waals surface area contributed by atoms with Crippen molar-refractivity contribution in [3.8, 4) is 11.1 Å². The summed E-state index contributed by atoms with van der Waals surface area (Å²) >= 11 is 6.64. The van der Waals surface area contributed by atoms with Crippen LogP contribution in [0, 0.1) is 0 Å². The normalized spacial score (nSPS) is 17.9. The minimum absolute atomic E-state index is 0.164. The Labute approximate surface area is 248 Å². The highest BCUT2D eigenvalue weighted by Crippen LogP contribution is 2.43. The lowest BCUT2D eigenvalue weighted by Crippen LogP contribution is -2.45. The van der Waals surface area contributed by atoms with Crippen molar-refractivity contribution in [3.63, 3.8) is 0 Å². The molecule has 0 saturated heterocycles. The maximum absolute atomic E-state index is 6.64. The SMILES string of the molecule is Clc1ccc(-c2ccc(C3NC(c4ccccc4)=NC(c4ccccc4)N3)c3ccccc23)c2c3c(oc12)CNC=C3. The fourth-order valence-corrected chi connectivity index (χ4v) is 6.34. The van der Waals surface area contributed by atoms with Gasteiger partial charge in [-0.25, -0.2) is 4.99 Å². The Kier molecular flexibility index (Phi) is 6.06. The van der Waals surface area contributed by atoms with Gasteiger partial charge in [-0.15, -0.1) is 0 Å². The maximum atomic E-state index is 6.64. The van der Waals surface area contributed by atoms with E-state index in [1.807, 2.05) is 36.5 Å². The summed E-state index contributed by atoms with van der Waals surface area (Å²) in [4.78, 5) is 5.08. The van der Waals surface area contributed by atoms with Crippen LogP contribution in [-0.2, 0) is 6.54 Å². The summed E-state index contributed by atoms with van der Waals surface area (Å²) in [5, 5.41) is 14.7. The Morgan fingerprint density at radius 3 is 2.33 bits per heavy atom. The van der Waals surface area contributed by atoms with Gasteiger partial charge in [0.25, 0.3) is 0 Å². The van der Waals surface area contributed by atoms with Crippen molar-refractivity contribution in [1.29, 1.82) is 0 Å². The molecule has 0 spiro atoms. The number of hydrogen-bond donors (Lipinski definition) is 3. The van der Waals surface area contributed by atoms with Crippen LogP contribution in [0.5, 0.6) is 0 Å². The minimum Gasteiger partial charge on any atom is -0.457 e. The van der Waals surface area contributed by atoms with Gasteiger partial charge in [0.2, 0.25) is 0 Å². The molecule has 1 aromatic heterocycles. The quantitative estimate of drug-likeness (QED) is 0.201. The molecule has 3 N–H and O–H groups in total. The summed E-state index contributed by atoms with van der Waals surface area (Å²) in [6, 6.07) is 37.8. The van der Waals surface area contributed by atoms with Crippen molar-refractivity contribution >= 4 is 45.3 Å². The van der Waals surface area contributed by atoms with Gasteiger partial charge in [-0.3, -0.25) is 5.32 Å². The topological polar surface area (TPSA) is 61.6 Å². The first-order valence-corrected chi connectivity index (χ1v) is 14.5. The van der Waals surface area contributed by atoms with Crippen LogP contribution >= 0.6 is 11.6 Å². The van der Waals surface area contributed by atoms with Crippen LogP contribution in [0.25, 0.3) is 38.9 Å². The van der Waals surface area contributed by atoms with E-state index in [-0.39, 0.29) is 12.3 Å². The number of furan rings is 1. The van der Waals surface area contributed by atoms with Gasteiger partial charge in [-0.2, -0.15) is 0 Å². The molecule has 0 fully saturated rings. The molecule has 2 atom stereocenters. The number of nitrogens with zero attached hydrogens (tertiary/aromatic N) is 1. The Morgan fingerprint density at radius 1 is 0.762 bits per heavy atom. The number of nitrogens with one attached hydrogen (secondary N) is 3. The van der Waals surface area contributed by atoms with E-state index in [0.29, 0.717) is 11.6 Å². The molecule has 0 amide bonds. The van der Waals surface area contributed by atoms with Gasteiger partial charge in [0.05, 0.1) is 11.6 Å². The maximum Gasteiger partial charge on any atom is 0.154 e. The summed E-state index contributed by atoms with van der Waals surface area (Å²) in [7, 11) is 0. The number of rotatable bonds is 4. The van der Waals surface area contributed by atoms with Gasteiger partial charge in [-0.05, 0) is 51.4 Å². The van der Waals surface area contributed by atoms with Crippen LogP contribution < -0.4 is 16.0 Å². The molecule has 5 nitrogen and oxygen atoms in total. The van der Waals surface area contributed by atoms with Crippen molar-refractivity contribution in [3.05, 3.63) is 148 Å². The lowest BCUT2D eigenvalue weighted by atomic mass is 9.90. The van der Waals surface area contributed by atoms with E-state index in [1.54, 1.807) is 0 Å². The van der Waals surface area contributed by atoms with Crippen LogP contribution in [0.1, 0.15) is 40.3 Å². The van der Waals surface area contributed by atoms with E-state index in [4.69, 9.17) is 21.0 Å². The van der Waals surface area contributed by atoms with Crippen LogP contribution in [-0.4, -0.2) is 5.84 Å². The second-order valence-electron chi connectivity index (χ2n) is 10.6. The third kappa shape index (κ3) is 4.17. The molecule has 2 unspecified atom stereocenters. The van der Waals surface area contributed by atoms with Gasteiger partial charge in [0.1, 0.15) is 23.9 Å². The van der Waals surface area contributed by atoms with Crippen molar-refractivity contribution in [2.45, 2.75) is 18.9 Å². The van der Waals surface area contributed by atoms with E-state index in [2.05, 4.69) is 101 Å². The highest BCUT2D eigenvalue weighted by molar-refractivity contribution is 6.35. The van der Waals surface area contributed by atoms with Gasteiger partial charge < -0.3 is 15.1 Å². The molecule has 0 aliphatic carbocycles. The summed E-state index contributed by atoms with van der Waals surface area (Å²) in [5.41, 5.74) is 7.38. The fourth-order valence-electron chi connectivity index (χ4n) is 6.14.